The van der Waals surface area contributed by atoms with Crippen LogP contribution >= 0.6 is 23.1 Å². The predicted molar refractivity (Wildman–Crippen MR) is 117 cm³/mol. The summed E-state index contributed by atoms with van der Waals surface area (Å²) in [6, 6.07) is 20.3. The lowest BCUT2D eigenvalue weighted by Gasteiger charge is -2.10. The van der Waals surface area contributed by atoms with Gasteiger partial charge in [0.2, 0.25) is 0 Å². The van der Waals surface area contributed by atoms with E-state index in [1.807, 2.05) is 36.4 Å². The number of para-hydroxylation sites is 1. The van der Waals surface area contributed by atoms with E-state index in [9.17, 15) is 0 Å². The molecule has 5 aromatic rings. The Kier molecular flexibility index (Phi) is 4.91. The third kappa shape index (κ3) is 3.71. The molecule has 0 atom stereocenters. The minimum absolute atomic E-state index is 0.589. The lowest BCUT2D eigenvalue weighted by molar-refractivity contribution is 0.485. The lowest BCUT2D eigenvalue weighted by atomic mass is 10.1. The van der Waals surface area contributed by atoms with Crippen molar-refractivity contribution in [2.45, 2.75) is 24.4 Å². The quantitative estimate of drug-likeness (QED) is 0.326. The minimum Gasteiger partial charge on any atom is -0.467 e. The first-order valence-electron chi connectivity index (χ1n) is 9.27. The van der Waals surface area contributed by atoms with Crippen molar-refractivity contribution < 1.29 is 4.42 Å². The topological polar surface area (TPSA) is 56.7 Å². The Morgan fingerprint density at radius 1 is 1.00 bits per heavy atom. The third-order valence-corrected chi connectivity index (χ3v) is 6.86. The number of hydrogen-bond donors (Lipinski definition) is 0. The van der Waals surface area contributed by atoms with E-state index in [1.165, 1.54) is 10.3 Å². The highest BCUT2D eigenvalue weighted by atomic mass is 32.2. The van der Waals surface area contributed by atoms with Crippen molar-refractivity contribution in [3.8, 4) is 11.4 Å². The number of aromatic nitrogens is 4. The van der Waals surface area contributed by atoms with E-state index >= 15 is 0 Å². The Hall–Kier alpha value is -2.90. The van der Waals surface area contributed by atoms with Crippen LogP contribution in [0.4, 0.5) is 0 Å². The van der Waals surface area contributed by atoms with Crippen LogP contribution in [0.5, 0.6) is 0 Å². The SMILES string of the molecule is Cc1ccccc1-c1nnc(SCc2nc3ccccc3s2)n1Cc1ccco1. The molecule has 0 N–H and O–H groups in total. The van der Waals surface area contributed by atoms with Gasteiger partial charge in [0.05, 0.1) is 28.8 Å². The normalized spacial score (nSPS) is 11.3. The van der Waals surface area contributed by atoms with E-state index < -0.39 is 0 Å². The molecule has 0 saturated carbocycles. The zero-order valence-corrected chi connectivity index (χ0v) is 17.4. The van der Waals surface area contributed by atoms with Crippen LogP contribution in [-0.2, 0) is 12.3 Å². The molecule has 0 unspecified atom stereocenters. The fourth-order valence-electron chi connectivity index (χ4n) is 3.23. The summed E-state index contributed by atoms with van der Waals surface area (Å²) in [6.07, 6.45) is 1.70. The monoisotopic (exact) mass is 418 g/mol. The molecular weight excluding hydrogens is 400 g/mol. The number of fused-ring (bicyclic) bond motifs is 1. The van der Waals surface area contributed by atoms with Crippen molar-refractivity contribution in [2.24, 2.45) is 0 Å². The second-order valence-corrected chi connectivity index (χ2v) is 8.71. The van der Waals surface area contributed by atoms with Crippen LogP contribution in [0.15, 0.2) is 76.5 Å². The maximum Gasteiger partial charge on any atom is 0.192 e. The number of thioether (sulfide) groups is 1. The number of aryl methyl sites for hydroxylation is 1. The van der Waals surface area contributed by atoms with Crippen molar-refractivity contribution in [1.29, 1.82) is 0 Å². The summed E-state index contributed by atoms with van der Waals surface area (Å²) in [5.74, 6) is 2.48. The van der Waals surface area contributed by atoms with Crippen LogP contribution in [0, 0.1) is 6.92 Å². The maximum absolute atomic E-state index is 5.59. The molecule has 0 fully saturated rings. The van der Waals surface area contributed by atoms with Crippen molar-refractivity contribution in [1.82, 2.24) is 19.7 Å². The van der Waals surface area contributed by atoms with Crippen molar-refractivity contribution in [2.75, 3.05) is 0 Å². The second kappa shape index (κ2) is 7.85. The predicted octanol–water partition coefficient (Wildman–Crippen LogP) is 5.80. The Morgan fingerprint density at radius 2 is 1.86 bits per heavy atom. The van der Waals surface area contributed by atoms with Crippen LogP contribution < -0.4 is 0 Å². The van der Waals surface area contributed by atoms with Gasteiger partial charge in [0.1, 0.15) is 10.8 Å². The molecule has 29 heavy (non-hydrogen) atoms. The van der Waals surface area contributed by atoms with Crippen molar-refractivity contribution in [3.05, 3.63) is 83.3 Å². The second-order valence-electron chi connectivity index (χ2n) is 6.65. The molecule has 2 aromatic carbocycles. The van der Waals surface area contributed by atoms with Gasteiger partial charge in [-0.25, -0.2) is 4.98 Å². The van der Waals surface area contributed by atoms with E-state index in [1.54, 1.807) is 29.4 Å². The molecule has 0 saturated heterocycles. The molecule has 7 heteroatoms. The molecule has 0 aliphatic carbocycles. The van der Waals surface area contributed by atoms with E-state index in [0.29, 0.717) is 6.54 Å². The summed E-state index contributed by atoms with van der Waals surface area (Å²) in [5.41, 5.74) is 3.30. The van der Waals surface area contributed by atoms with Crippen LogP contribution in [0.25, 0.3) is 21.6 Å². The van der Waals surface area contributed by atoms with Gasteiger partial charge in [-0.15, -0.1) is 21.5 Å². The first-order valence-corrected chi connectivity index (χ1v) is 11.1. The molecule has 3 heterocycles. The Bertz CT molecular complexity index is 1220. The molecule has 0 bridgehead atoms. The Morgan fingerprint density at radius 3 is 2.69 bits per heavy atom. The standard InChI is InChI=1S/C22H18N4OS2/c1-15-7-2-3-9-17(15)21-24-25-22(26(21)13-16-8-6-12-27-16)28-14-20-23-18-10-4-5-11-19(18)29-20/h2-12H,13-14H2,1H3. The number of furan rings is 1. The van der Waals surface area contributed by atoms with Gasteiger partial charge in [0, 0.05) is 5.56 Å². The Labute approximate surface area is 176 Å². The van der Waals surface area contributed by atoms with E-state index in [-0.39, 0.29) is 0 Å². The van der Waals surface area contributed by atoms with Gasteiger partial charge in [0.15, 0.2) is 11.0 Å². The highest BCUT2D eigenvalue weighted by Crippen LogP contribution is 2.31. The molecule has 5 rings (SSSR count). The first kappa shape index (κ1) is 18.1. The molecule has 0 spiro atoms. The Balaban J connectivity index is 1.47. The summed E-state index contributed by atoms with van der Waals surface area (Å²) >= 11 is 3.38. The molecule has 144 valence electrons. The van der Waals surface area contributed by atoms with Crippen LogP contribution in [0.3, 0.4) is 0 Å². The molecule has 0 radical (unpaired) electrons. The van der Waals surface area contributed by atoms with Crippen LogP contribution in [0.2, 0.25) is 0 Å². The smallest absolute Gasteiger partial charge is 0.192 e. The molecule has 5 nitrogen and oxygen atoms in total. The third-order valence-electron chi connectivity index (χ3n) is 4.66. The highest BCUT2D eigenvalue weighted by molar-refractivity contribution is 7.98. The average Bonchev–Trinajstić information content (AvgIpc) is 3.47. The first-order chi connectivity index (χ1) is 14.3. The van der Waals surface area contributed by atoms with Gasteiger partial charge in [-0.2, -0.15) is 0 Å². The van der Waals surface area contributed by atoms with Gasteiger partial charge in [-0.3, -0.25) is 4.57 Å². The van der Waals surface area contributed by atoms with Crippen molar-refractivity contribution in [3.63, 3.8) is 0 Å². The number of thiazole rings is 1. The van der Waals surface area contributed by atoms with E-state index in [2.05, 4.69) is 46.0 Å². The van der Waals surface area contributed by atoms with Crippen LogP contribution in [-0.4, -0.2) is 19.7 Å². The van der Waals surface area contributed by atoms with Crippen LogP contribution in [0.1, 0.15) is 16.3 Å². The molecule has 3 aromatic heterocycles. The highest BCUT2D eigenvalue weighted by Gasteiger charge is 2.17. The van der Waals surface area contributed by atoms with Crippen molar-refractivity contribution >= 4 is 33.3 Å². The number of rotatable bonds is 6. The lowest BCUT2D eigenvalue weighted by Crippen LogP contribution is -2.04. The molecular formula is C22H18N4OS2. The minimum atomic E-state index is 0.589. The van der Waals surface area contributed by atoms with Gasteiger partial charge < -0.3 is 4.42 Å². The van der Waals surface area contributed by atoms with Gasteiger partial charge in [0.25, 0.3) is 0 Å². The zero-order valence-electron chi connectivity index (χ0n) is 15.8. The fourth-order valence-corrected chi connectivity index (χ4v) is 5.13. The summed E-state index contributed by atoms with van der Waals surface area (Å²) in [6.45, 7) is 2.68. The zero-order chi connectivity index (χ0) is 19.6. The summed E-state index contributed by atoms with van der Waals surface area (Å²) in [4.78, 5) is 4.73. The fraction of sp³-hybridized carbons (Fsp3) is 0.136. The average molecular weight is 419 g/mol. The summed E-state index contributed by atoms with van der Waals surface area (Å²) in [5, 5.41) is 11.0. The summed E-state index contributed by atoms with van der Waals surface area (Å²) < 4.78 is 8.92. The van der Waals surface area contributed by atoms with E-state index in [4.69, 9.17) is 9.40 Å². The number of benzene rings is 2. The van der Waals surface area contributed by atoms with Gasteiger partial charge in [-0.05, 0) is 36.8 Å². The number of nitrogens with zero attached hydrogens (tertiary/aromatic N) is 4. The number of hydrogen-bond acceptors (Lipinski definition) is 6. The molecule has 0 aliphatic heterocycles. The largest absolute Gasteiger partial charge is 0.467 e. The molecule has 0 aliphatic rings. The maximum atomic E-state index is 5.59. The van der Waals surface area contributed by atoms with Gasteiger partial charge in [-0.1, -0.05) is 48.2 Å². The van der Waals surface area contributed by atoms with E-state index in [0.717, 1.165) is 38.6 Å². The summed E-state index contributed by atoms with van der Waals surface area (Å²) in [7, 11) is 0. The molecule has 0 amide bonds. The van der Waals surface area contributed by atoms with Gasteiger partial charge >= 0.3 is 0 Å².